The minimum absolute atomic E-state index is 0.0258. The Morgan fingerprint density at radius 1 is 1.41 bits per heavy atom. The number of aryl methyl sites for hydroxylation is 2. The van der Waals surface area contributed by atoms with Crippen LogP contribution in [0.25, 0.3) is 0 Å². The zero-order valence-corrected chi connectivity index (χ0v) is 9.39. The number of carbonyl (C=O) groups excluding carboxylic acids is 1. The summed E-state index contributed by atoms with van der Waals surface area (Å²) in [6.07, 6.45) is -4.04. The lowest BCUT2D eigenvalue weighted by molar-refractivity contribution is -0.163. The van der Waals surface area contributed by atoms with Crippen molar-refractivity contribution in [3.8, 4) is 0 Å². The van der Waals surface area contributed by atoms with Gasteiger partial charge in [0.05, 0.1) is 17.1 Å². The van der Waals surface area contributed by atoms with Crippen LogP contribution in [0.5, 0.6) is 0 Å². The van der Waals surface area contributed by atoms with Crippen LogP contribution in [0.3, 0.4) is 0 Å². The first-order chi connectivity index (χ1) is 7.67. The molecule has 0 atom stereocenters. The molecule has 96 valence electrons. The third-order valence-electron chi connectivity index (χ3n) is 2.32. The highest BCUT2D eigenvalue weighted by molar-refractivity contribution is 5.97. The third kappa shape index (κ3) is 2.40. The summed E-state index contributed by atoms with van der Waals surface area (Å²) < 4.78 is 50.6. The maximum absolute atomic E-state index is 12.7. The molecule has 0 aliphatic carbocycles. The van der Waals surface area contributed by atoms with Crippen LogP contribution in [0.15, 0.2) is 0 Å². The highest BCUT2D eigenvalue weighted by Gasteiger charge is 2.49. The van der Waals surface area contributed by atoms with Gasteiger partial charge < -0.3 is 5.32 Å². The summed E-state index contributed by atoms with van der Waals surface area (Å²) in [7, 11) is 1.54. The summed E-state index contributed by atoms with van der Waals surface area (Å²) in [6.45, 7) is 3.00. The predicted octanol–water partition coefficient (Wildman–Crippen LogP) is 1.88. The van der Waals surface area contributed by atoms with Crippen molar-refractivity contribution >= 4 is 11.6 Å². The van der Waals surface area contributed by atoms with Crippen LogP contribution in [-0.4, -0.2) is 28.0 Å². The Morgan fingerprint density at radius 2 is 1.94 bits per heavy atom. The second-order valence-electron chi connectivity index (χ2n) is 3.55. The Hall–Kier alpha value is -1.60. The lowest BCUT2D eigenvalue weighted by Gasteiger charge is -2.14. The number of hydrogen-bond acceptors (Lipinski definition) is 2. The van der Waals surface area contributed by atoms with E-state index in [-0.39, 0.29) is 11.4 Å². The Kier molecular flexibility index (Phi) is 3.44. The van der Waals surface area contributed by atoms with Crippen molar-refractivity contribution in [2.45, 2.75) is 26.2 Å². The average molecular weight is 253 g/mol. The van der Waals surface area contributed by atoms with Gasteiger partial charge in [-0.1, -0.05) is 0 Å². The van der Waals surface area contributed by atoms with Crippen LogP contribution in [0.1, 0.15) is 11.4 Å². The standard InChI is InChI=1S/C9H11F4N3O/c1-4-6(5(2)16(3)15-4)14-8(17)9(12,13)7(10)11/h7H,1-3H3,(H,14,17). The number of nitrogens with zero attached hydrogens (tertiary/aromatic N) is 2. The molecular formula is C9H11F4N3O. The van der Waals surface area contributed by atoms with Gasteiger partial charge in [-0.2, -0.15) is 13.9 Å². The van der Waals surface area contributed by atoms with Crippen LogP contribution in [0.2, 0.25) is 0 Å². The van der Waals surface area contributed by atoms with Crippen LogP contribution < -0.4 is 5.32 Å². The van der Waals surface area contributed by atoms with Crippen molar-refractivity contribution in [3.63, 3.8) is 0 Å². The first-order valence-electron chi connectivity index (χ1n) is 4.65. The van der Waals surface area contributed by atoms with Gasteiger partial charge in [-0.05, 0) is 13.8 Å². The Labute approximate surface area is 94.6 Å². The SMILES string of the molecule is Cc1nn(C)c(C)c1NC(=O)C(F)(F)C(F)F. The van der Waals surface area contributed by atoms with Gasteiger partial charge in [0, 0.05) is 7.05 Å². The molecule has 4 nitrogen and oxygen atoms in total. The Bertz CT molecular complexity index is 442. The van der Waals surface area contributed by atoms with Gasteiger partial charge in [-0.25, -0.2) is 8.78 Å². The molecule has 0 bridgehead atoms. The van der Waals surface area contributed by atoms with E-state index < -0.39 is 18.3 Å². The first-order valence-corrected chi connectivity index (χ1v) is 4.65. The van der Waals surface area contributed by atoms with Gasteiger partial charge in [0.2, 0.25) is 0 Å². The molecule has 0 saturated heterocycles. The number of alkyl halides is 4. The fraction of sp³-hybridized carbons (Fsp3) is 0.556. The number of halogens is 4. The number of hydrogen-bond donors (Lipinski definition) is 1. The van der Waals surface area contributed by atoms with Gasteiger partial charge in [-0.15, -0.1) is 0 Å². The summed E-state index contributed by atoms with van der Waals surface area (Å²) in [5.74, 6) is -6.75. The maximum atomic E-state index is 12.7. The van der Waals surface area contributed by atoms with Crippen molar-refractivity contribution in [2.24, 2.45) is 7.05 Å². The summed E-state index contributed by atoms with van der Waals surface area (Å²) in [5.41, 5.74) is 0.710. The molecule has 0 aliphatic heterocycles. The van der Waals surface area contributed by atoms with E-state index in [2.05, 4.69) is 5.10 Å². The van der Waals surface area contributed by atoms with Crippen LogP contribution in [-0.2, 0) is 11.8 Å². The number of nitrogens with one attached hydrogen (secondary N) is 1. The molecular weight excluding hydrogens is 242 g/mol. The molecule has 1 aromatic heterocycles. The van der Waals surface area contributed by atoms with E-state index in [0.29, 0.717) is 5.69 Å². The molecule has 0 saturated carbocycles. The molecule has 0 fully saturated rings. The number of carbonyl (C=O) groups is 1. The van der Waals surface area contributed by atoms with Crippen molar-refractivity contribution < 1.29 is 22.4 Å². The summed E-state index contributed by atoms with van der Waals surface area (Å²) in [6, 6.07) is 0. The monoisotopic (exact) mass is 253 g/mol. The van der Waals surface area contributed by atoms with Gasteiger partial charge in [0.1, 0.15) is 0 Å². The van der Waals surface area contributed by atoms with Crippen LogP contribution in [0.4, 0.5) is 23.2 Å². The molecule has 0 aliphatic rings. The topological polar surface area (TPSA) is 46.9 Å². The smallest absolute Gasteiger partial charge is 0.317 e. The summed E-state index contributed by atoms with van der Waals surface area (Å²) in [4.78, 5) is 11.0. The average Bonchev–Trinajstić information content (AvgIpc) is 2.44. The molecule has 17 heavy (non-hydrogen) atoms. The molecule has 1 N–H and O–H groups in total. The Balaban J connectivity index is 2.96. The Morgan fingerprint density at radius 3 is 2.29 bits per heavy atom. The van der Waals surface area contributed by atoms with E-state index in [1.807, 2.05) is 0 Å². The maximum Gasteiger partial charge on any atom is 0.383 e. The molecule has 1 amide bonds. The van der Waals surface area contributed by atoms with Crippen molar-refractivity contribution in [1.29, 1.82) is 0 Å². The predicted molar refractivity (Wildman–Crippen MR) is 52.3 cm³/mol. The summed E-state index contributed by atoms with van der Waals surface area (Å²) >= 11 is 0. The summed E-state index contributed by atoms with van der Waals surface area (Å²) in [5, 5.41) is 5.63. The highest BCUT2D eigenvalue weighted by Crippen LogP contribution is 2.26. The van der Waals surface area contributed by atoms with Gasteiger partial charge in [0.25, 0.3) is 0 Å². The minimum Gasteiger partial charge on any atom is -0.317 e. The zero-order valence-electron chi connectivity index (χ0n) is 9.39. The first kappa shape index (κ1) is 13.5. The lowest BCUT2D eigenvalue weighted by Crippen LogP contribution is -2.41. The van der Waals surface area contributed by atoms with E-state index in [4.69, 9.17) is 0 Å². The molecule has 1 aromatic rings. The van der Waals surface area contributed by atoms with Gasteiger partial charge >= 0.3 is 18.3 Å². The second kappa shape index (κ2) is 4.34. The van der Waals surface area contributed by atoms with Crippen molar-refractivity contribution in [2.75, 3.05) is 5.32 Å². The van der Waals surface area contributed by atoms with Crippen LogP contribution in [0, 0.1) is 13.8 Å². The number of anilines is 1. The lowest BCUT2D eigenvalue weighted by atomic mass is 10.2. The van der Waals surface area contributed by atoms with Gasteiger partial charge in [-0.3, -0.25) is 9.48 Å². The zero-order chi connectivity index (χ0) is 13.4. The van der Waals surface area contributed by atoms with Crippen molar-refractivity contribution in [3.05, 3.63) is 11.4 Å². The molecule has 1 rings (SSSR count). The molecule has 0 spiro atoms. The van der Waals surface area contributed by atoms with E-state index in [1.54, 1.807) is 12.4 Å². The second-order valence-corrected chi connectivity index (χ2v) is 3.55. The van der Waals surface area contributed by atoms with E-state index in [9.17, 15) is 22.4 Å². The number of rotatable bonds is 3. The molecule has 0 aromatic carbocycles. The van der Waals surface area contributed by atoms with Crippen molar-refractivity contribution in [1.82, 2.24) is 9.78 Å². The number of aromatic nitrogens is 2. The highest BCUT2D eigenvalue weighted by atomic mass is 19.3. The van der Waals surface area contributed by atoms with Gasteiger partial charge in [0.15, 0.2) is 0 Å². The fourth-order valence-corrected chi connectivity index (χ4v) is 1.25. The fourth-order valence-electron chi connectivity index (χ4n) is 1.25. The van der Waals surface area contributed by atoms with E-state index in [1.165, 1.54) is 18.5 Å². The van der Waals surface area contributed by atoms with Crippen LogP contribution >= 0.6 is 0 Å². The quantitative estimate of drug-likeness (QED) is 0.836. The van der Waals surface area contributed by atoms with E-state index >= 15 is 0 Å². The number of amides is 1. The third-order valence-corrected chi connectivity index (χ3v) is 2.32. The molecule has 0 radical (unpaired) electrons. The largest absolute Gasteiger partial charge is 0.383 e. The molecule has 0 unspecified atom stereocenters. The minimum atomic E-state index is -4.71. The van der Waals surface area contributed by atoms with E-state index in [0.717, 1.165) is 0 Å². The molecule has 8 heteroatoms. The normalized spacial score (nSPS) is 12.0. The molecule has 1 heterocycles.